The van der Waals surface area contributed by atoms with Gasteiger partial charge in [-0.25, -0.2) is 4.98 Å². The maximum absolute atomic E-state index is 6.26. The topological polar surface area (TPSA) is 25.8 Å². The Labute approximate surface area is 136 Å². The minimum absolute atomic E-state index is 0.0137. The molecule has 2 nitrogen and oxygen atoms in total. The van der Waals surface area contributed by atoms with Gasteiger partial charge in [0.1, 0.15) is 5.15 Å². The molecule has 1 atom stereocenters. The summed E-state index contributed by atoms with van der Waals surface area (Å²) in [5, 5.41) is 1.25. The molecule has 2 aromatic heterocycles. The van der Waals surface area contributed by atoms with Gasteiger partial charge in [-0.15, -0.1) is 0 Å². The molecule has 21 heavy (non-hydrogen) atoms. The van der Waals surface area contributed by atoms with Gasteiger partial charge in [0.15, 0.2) is 0 Å². The first-order chi connectivity index (χ1) is 9.77. The van der Waals surface area contributed by atoms with Gasteiger partial charge in [-0.2, -0.15) is 0 Å². The fourth-order valence-electron chi connectivity index (χ4n) is 2.28. The van der Waals surface area contributed by atoms with E-state index in [4.69, 9.17) is 23.2 Å². The molecule has 0 saturated heterocycles. The molecule has 112 valence electrons. The molecule has 0 aromatic carbocycles. The van der Waals surface area contributed by atoms with Crippen LogP contribution in [0.15, 0.2) is 30.6 Å². The first-order valence-electron chi connectivity index (χ1n) is 7.03. The van der Waals surface area contributed by atoms with Crippen molar-refractivity contribution in [2.75, 3.05) is 0 Å². The van der Waals surface area contributed by atoms with Gasteiger partial charge in [0.2, 0.25) is 0 Å². The highest BCUT2D eigenvalue weighted by Crippen LogP contribution is 2.30. The molecule has 0 amide bonds. The third-order valence-electron chi connectivity index (χ3n) is 3.55. The maximum atomic E-state index is 6.26. The van der Waals surface area contributed by atoms with E-state index < -0.39 is 0 Å². The molecule has 0 aliphatic carbocycles. The van der Waals surface area contributed by atoms with Crippen molar-refractivity contribution in [3.05, 3.63) is 57.6 Å². The zero-order valence-corrected chi connectivity index (χ0v) is 14.3. The predicted octanol–water partition coefficient (Wildman–Crippen LogP) is 5.43. The van der Waals surface area contributed by atoms with E-state index in [1.807, 2.05) is 18.3 Å². The summed E-state index contributed by atoms with van der Waals surface area (Å²) in [5.41, 5.74) is 3.36. The molecule has 0 fully saturated rings. The minimum atomic E-state index is 0.0137. The standard InChI is InChI=1S/C17H20Cl2N2/c1-11(12-5-6-16(19)21-9-12)7-13-8-14(17(2,3)4)15(18)10-20-13/h5-6,8-11H,7H2,1-4H3. The van der Waals surface area contributed by atoms with Crippen LogP contribution < -0.4 is 0 Å². The summed E-state index contributed by atoms with van der Waals surface area (Å²) < 4.78 is 0. The molecule has 2 aromatic rings. The SMILES string of the molecule is CC(Cc1cc(C(C)(C)C)c(Cl)cn1)c1ccc(Cl)nc1. The van der Waals surface area contributed by atoms with Crippen molar-refractivity contribution in [1.82, 2.24) is 9.97 Å². The van der Waals surface area contributed by atoms with Crippen LogP contribution in [-0.4, -0.2) is 9.97 Å². The lowest BCUT2D eigenvalue weighted by Crippen LogP contribution is -2.13. The number of hydrogen-bond acceptors (Lipinski definition) is 2. The number of rotatable bonds is 3. The van der Waals surface area contributed by atoms with E-state index in [0.29, 0.717) is 11.1 Å². The van der Waals surface area contributed by atoms with Crippen molar-refractivity contribution in [3.8, 4) is 0 Å². The molecule has 4 heteroatoms. The zero-order valence-electron chi connectivity index (χ0n) is 12.8. The molecule has 0 bridgehead atoms. The van der Waals surface area contributed by atoms with Crippen molar-refractivity contribution in [2.45, 2.75) is 45.4 Å². The normalized spacial score (nSPS) is 13.2. The highest BCUT2D eigenvalue weighted by molar-refractivity contribution is 6.31. The molecule has 2 rings (SSSR count). The van der Waals surface area contributed by atoms with Crippen LogP contribution >= 0.6 is 23.2 Å². The molecule has 2 heterocycles. The van der Waals surface area contributed by atoms with Crippen LogP contribution in [0, 0.1) is 0 Å². The summed E-state index contributed by atoms with van der Waals surface area (Å²) in [6, 6.07) is 5.95. The average molecular weight is 323 g/mol. The van der Waals surface area contributed by atoms with E-state index in [2.05, 4.69) is 43.7 Å². The first kappa shape index (κ1) is 16.3. The first-order valence-corrected chi connectivity index (χ1v) is 7.79. The van der Waals surface area contributed by atoms with Gasteiger partial charge in [0.05, 0.1) is 5.02 Å². The highest BCUT2D eigenvalue weighted by atomic mass is 35.5. The van der Waals surface area contributed by atoms with Crippen molar-refractivity contribution in [2.24, 2.45) is 0 Å². The van der Waals surface area contributed by atoms with Gasteiger partial charge in [0.25, 0.3) is 0 Å². The van der Waals surface area contributed by atoms with Crippen molar-refractivity contribution < 1.29 is 0 Å². The average Bonchev–Trinajstić information content (AvgIpc) is 2.40. The fraction of sp³-hybridized carbons (Fsp3) is 0.412. The van der Waals surface area contributed by atoms with E-state index in [-0.39, 0.29) is 5.41 Å². The van der Waals surface area contributed by atoms with Crippen LogP contribution in [0.3, 0.4) is 0 Å². The molecular formula is C17H20Cl2N2. The number of hydrogen-bond donors (Lipinski definition) is 0. The minimum Gasteiger partial charge on any atom is -0.260 e. The lowest BCUT2D eigenvalue weighted by atomic mass is 9.86. The molecule has 1 unspecified atom stereocenters. The highest BCUT2D eigenvalue weighted by Gasteiger charge is 2.19. The monoisotopic (exact) mass is 322 g/mol. The lowest BCUT2D eigenvalue weighted by Gasteiger charge is -2.21. The van der Waals surface area contributed by atoms with Gasteiger partial charge in [0, 0.05) is 18.1 Å². The summed E-state index contributed by atoms with van der Waals surface area (Å²) in [7, 11) is 0. The summed E-state index contributed by atoms with van der Waals surface area (Å²) >= 11 is 12.1. The predicted molar refractivity (Wildman–Crippen MR) is 89.3 cm³/mol. The molecule has 0 saturated carbocycles. The number of pyridine rings is 2. The summed E-state index contributed by atoms with van der Waals surface area (Å²) in [5.74, 6) is 0.330. The van der Waals surface area contributed by atoms with Crippen molar-refractivity contribution >= 4 is 23.2 Å². The lowest BCUT2D eigenvalue weighted by molar-refractivity contribution is 0.586. The largest absolute Gasteiger partial charge is 0.260 e. The number of halogens is 2. The second-order valence-corrected chi connectivity index (χ2v) is 7.22. The van der Waals surface area contributed by atoms with E-state index in [9.17, 15) is 0 Å². The second kappa shape index (κ2) is 6.33. The van der Waals surface area contributed by atoms with Gasteiger partial charge in [-0.1, -0.05) is 57.0 Å². The van der Waals surface area contributed by atoms with Crippen LogP contribution in [0.25, 0.3) is 0 Å². The van der Waals surface area contributed by atoms with Gasteiger partial charge in [-0.05, 0) is 41.0 Å². The van der Waals surface area contributed by atoms with Crippen LogP contribution in [0.2, 0.25) is 10.2 Å². The van der Waals surface area contributed by atoms with Crippen LogP contribution in [-0.2, 0) is 11.8 Å². The number of nitrogens with zero attached hydrogens (tertiary/aromatic N) is 2. The van der Waals surface area contributed by atoms with E-state index >= 15 is 0 Å². The molecule has 0 N–H and O–H groups in total. The van der Waals surface area contributed by atoms with Crippen LogP contribution in [0.5, 0.6) is 0 Å². The van der Waals surface area contributed by atoms with Gasteiger partial charge < -0.3 is 0 Å². The Balaban J connectivity index is 2.21. The molecular weight excluding hydrogens is 303 g/mol. The smallest absolute Gasteiger partial charge is 0.129 e. The third-order valence-corrected chi connectivity index (χ3v) is 4.08. The Morgan fingerprint density at radius 3 is 2.38 bits per heavy atom. The van der Waals surface area contributed by atoms with Crippen LogP contribution in [0.4, 0.5) is 0 Å². The Bertz CT molecular complexity index is 616. The second-order valence-electron chi connectivity index (χ2n) is 6.42. The van der Waals surface area contributed by atoms with Crippen molar-refractivity contribution in [1.29, 1.82) is 0 Å². The summed E-state index contributed by atoms with van der Waals surface area (Å²) in [6.45, 7) is 8.64. The zero-order chi connectivity index (χ0) is 15.6. The Morgan fingerprint density at radius 2 is 1.81 bits per heavy atom. The fourth-order valence-corrected chi connectivity index (χ4v) is 2.78. The van der Waals surface area contributed by atoms with Crippen LogP contribution in [0.1, 0.15) is 50.4 Å². The third kappa shape index (κ3) is 4.18. The van der Waals surface area contributed by atoms with E-state index in [1.165, 1.54) is 0 Å². The molecule has 0 aliphatic heterocycles. The van der Waals surface area contributed by atoms with Gasteiger partial charge >= 0.3 is 0 Å². The molecule has 0 radical (unpaired) electrons. The molecule has 0 spiro atoms. The number of aromatic nitrogens is 2. The van der Waals surface area contributed by atoms with Crippen molar-refractivity contribution in [3.63, 3.8) is 0 Å². The Kier molecular flexibility index (Phi) is 4.90. The Hall–Kier alpha value is -1.12. The quantitative estimate of drug-likeness (QED) is 0.704. The van der Waals surface area contributed by atoms with E-state index in [1.54, 1.807) is 6.20 Å². The molecule has 0 aliphatic rings. The Morgan fingerprint density at radius 1 is 1.10 bits per heavy atom. The van der Waals surface area contributed by atoms with E-state index in [0.717, 1.165) is 28.3 Å². The maximum Gasteiger partial charge on any atom is 0.129 e. The summed E-state index contributed by atoms with van der Waals surface area (Å²) in [6.07, 6.45) is 4.43. The van der Waals surface area contributed by atoms with Gasteiger partial charge in [-0.3, -0.25) is 4.98 Å². The summed E-state index contributed by atoms with van der Waals surface area (Å²) in [4.78, 5) is 8.59.